The lowest BCUT2D eigenvalue weighted by Gasteiger charge is -2.24. The number of benzene rings is 2. The molecule has 0 radical (unpaired) electrons. The van der Waals surface area contributed by atoms with Crippen LogP contribution >= 0.6 is 23.2 Å². The summed E-state index contributed by atoms with van der Waals surface area (Å²) < 4.78 is 0. The molecule has 0 saturated carbocycles. The van der Waals surface area contributed by atoms with Gasteiger partial charge in [0, 0.05) is 27.8 Å². The highest BCUT2D eigenvalue weighted by Crippen LogP contribution is 2.25. The Morgan fingerprint density at radius 3 is 2.48 bits per heavy atom. The van der Waals surface area contributed by atoms with Crippen molar-refractivity contribution in [3.63, 3.8) is 0 Å². The molecule has 1 aliphatic heterocycles. The largest absolute Gasteiger partial charge is 0.327 e. The second-order valence-corrected chi connectivity index (χ2v) is 6.99. The quantitative estimate of drug-likeness (QED) is 0.854. The number of amides is 2. The Bertz CT molecular complexity index is 803. The van der Waals surface area contributed by atoms with Crippen molar-refractivity contribution in [3.8, 4) is 0 Å². The third-order valence-electron chi connectivity index (χ3n) is 4.33. The van der Waals surface area contributed by atoms with Crippen LogP contribution in [0.1, 0.15) is 28.8 Å². The van der Waals surface area contributed by atoms with Crippen LogP contribution in [0.5, 0.6) is 0 Å². The highest BCUT2D eigenvalue weighted by atomic mass is 35.5. The average Bonchev–Trinajstić information content (AvgIpc) is 3.05. The molecule has 1 fully saturated rings. The van der Waals surface area contributed by atoms with Crippen molar-refractivity contribution in [2.45, 2.75) is 25.8 Å². The third-order valence-corrected chi connectivity index (χ3v) is 4.77. The Morgan fingerprint density at radius 2 is 1.80 bits per heavy atom. The molecule has 2 amide bonds. The molecule has 1 atom stereocenters. The monoisotopic (exact) mass is 376 g/mol. The number of carbonyl (C=O) groups is 2. The zero-order valence-corrected chi connectivity index (χ0v) is 15.3. The summed E-state index contributed by atoms with van der Waals surface area (Å²) in [7, 11) is 0. The molecule has 1 aliphatic rings. The summed E-state index contributed by atoms with van der Waals surface area (Å²) >= 11 is 12.0. The summed E-state index contributed by atoms with van der Waals surface area (Å²) in [5, 5.41) is 3.72. The van der Waals surface area contributed by atoms with Gasteiger partial charge in [-0.15, -0.1) is 0 Å². The first kappa shape index (κ1) is 17.8. The third kappa shape index (κ3) is 3.97. The maximum absolute atomic E-state index is 12.8. The fourth-order valence-electron chi connectivity index (χ4n) is 3.05. The predicted octanol–water partition coefficient (Wildman–Crippen LogP) is 4.55. The average molecular weight is 377 g/mol. The van der Waals surface area contributed by atoms with Gasteiger partial charge in [0.15, 0.2) is 0 Å². The normalized spacial score (nSPS) is 16.8. The maximum Gasteiger partial charge on any atom is 0.254 e. The van der Waals surface area contributed by atoms with Crippen molar-refractivity contribution in [2.75, 3.05) is 11.9 Å². The Morgan fingerprint density at radius 1 is 1.12 bits per heavy atom. The standard InChI is InChI=1S/C19H18Cl2N2O2/c1-12-5-2-3-6-16(12)22-18(24)17-7-4-8-23(17)19(25)13-9-14(20)11-15(21)10-13/h2-3,5-6,9-11,17H,4,7-8H2,1H3,(H,22,24). The highest BCUT2D eigenvalue weighted by molar-refractivity contribution is 6.35. The minimum atomic E-state index is -0.495. The van der Waals surface area contributed by atoms with Gasteiger partial charge in [0.05, 0.1) is 0 Å². The van der Waals surface area contributed by atoms with Gasteiger partial charge in [0.2, 0.25) is 5.91 Å². The molecule has 0 aromatic heterocycles. The molecule has 6 heteroatoms. The summed E-state index contributed by atoms with van der Waals surface area (Å²) in [4.78, 5) is 27.1. The van der Waals surface area contributed by atoms with Crippen LogP contribution in [0.25, 0.3) is 0 Å². The summed E-state index contributed by atoms with van der Waals surface area (Å²) in [5.74, 6) is -0.403. The van der Waals surface area contributed by atoms with Crippen molar-refractivity contribution >= 4 is 40.7 Å². The predicted molar refractivity (Wildman–Crippen MR) is 100 cm³/mol. The lowest BCUT2D eigenvalue weighted by Crippen LogP contribution is -2.43. The number of anilines is 1. The number of likely N-dealkylation sites (tertiary alicyclic amines) is 1. The van der Waals surface area contributed by atoms with Crippen LogP contribution in [0.4, 0.5) is 5.69 Å². The van der Waals surface area contributed by atoms with Gasteiger partial charge in [-0.2, -0.15) is 0 Å². The van der Waals surface area contributed by atoms with Crippen LogP contribution in [0.3, 0.4) is 0 Å². The molecule has 3 rings (SSSR count). The van der Waals surface area contributed by atoms with E-state index in [9.17, 15) is 9.59 Å². The number of para-hydroxylation sites is 1. The van der Waals surface area contributed by atoms with Crippen molar-refractivity contribution in [1.82, 2.24) is 4.90 Å². The van der Waals surface area contributed by atoms with Crippen molar-refractivity contribution < 1.29 is 9.59 Å². The first-order chi connectivity index (χ1) is 12.0. The Balaban J connectivity index is 1.79. The number of halogens is 2. The number of hydrogen-bond donors (Lipinski definition) is 1. The number of nitrogens with one attached hydrogen (secondary N) is 1. The molecule has 1 heterocycles. The van der Waals surface area contributed by atoms with E-state index in [-0.39, 0.29) is 11.8 Å². The van der Waals surface area contributed by atoms with E-state index < -0.39 is 6.04 Å². The molecule has 1 saturated heterocycles. The Kier molecular flexibility index (Phi) is 5.30. The van der Waals surface area contributed by atoms with Gasteiger partial charge >= 0.3 is 0 Å². The van der Waals surface area contributed by atoms with E-state index in [4.69, 9.17) is 23.2 Å². The van der Waals surface area contributed by atoms with Crippen LogP contribution in [0.2, 0.25) is 10.0 Å². The molecule has 25 heavy (non-hydrogen) atoms. The van der Waals surface area contributed by atoms with Crippen molar-refractivity contribution in [2.24, 2.45) is 0 Å². The van der Waals surface area contributed by atoms with Crippen LogP contribution in [-0.4, -0.2) is 29.3 Å². The molecule has 130 valence electrons. The second kappa shape index (κ2) is 7.46. The second-order valence-electron chi connectivity index (χ2n) is 6.12. The van der Waals surface area contributed by atoms with E-state index >= 15 is 0 Å². The molecule has 2 aromatic rings. The van der Waals surface area contributed by atoms with Crippen LogP contribution in [-0.2, 0) is 4.79 Å². The molecule has 4 nitrogen and oxygen atoms in total. The topological polar surface area (TPSA) is 49.4 Å². The van der Waals surface area contributed by atoms with E-state index in [1.54, 1.807) is 23.1 Å². The van der Waals surface area contributed by atoms with E-state index in [2.05, 4.69) is 5.32 Å². The van der Waals surface area contributed by atoms with Crippen LogP contribution in [0, 0.1) is 6.92 Å². The molecular weight excluding hydrogens is 359 g/mol. The summed E-state index contributed by atoms with van der Waals surface area (Å²) in [6.07, 6.45) is 1.42. The highest BCUT2D eigenvalue weighted by Gasteiger charge is 2.34. The zero-order chi connectivity index (χ0) is 18.0. The molecule has 0 spiro atoms. The molecular formula is C19H18Cl2N2O2. The first-order valence-corrected chi connectivity index (χ1v) is 8.85. The Hall–Kier alpha value is -2.04. The molecule has 1 unspecified atom stereocenters. The fraction of sp³-hybridized carbons (Fsp3) is 0.263. The molecule has 2 aromatic carbocycles. The smallest absolute Gasteiger partial charge is 0.254 e. The van der Waals surface area contributed by atoms with Gasteiger partial charge in [0.25, 0.3) is 5.91 Å². The van der Waals surface area contributed by atoms with E-state index in [0.29, 0.717) is 28.6 Å². The summed E-state index contributed by atoms with van der Waals surface area (Å²) in [6, 6.07) is 11.8. The summed E-state index contributed by atoms with van der Waals surface area (Å²) in [6.45, 7) is 2.47. The lowest BCUT2D eigenvalue weighted by atomic mass is 10.1. The zero-order valence-electron chi connectivity index (χ0n) is 13.8. The molecule has 0 bridgehead atoms. The van der Waals surface area contributed by atoms with Gasteiger partial charge in [-0.05, 0) is 49.6 Å². The SMILES string of the molecule is Cc1ccccc1NC(=O)C1CCCN1C(=O)c1cc(Cl)cc(Cl)c1. The number of aryl methyl sites for hydroxylation is 1. The number of carbonyl (C=O) groups excluding carboxylic acids is 2. The van der Waals surface area contributed by atoms with Gasteiger partial charge < -0.3 is 10.2 Å². The van der Waals surface area contributed by atoms with Gasteiger partial charge in [-0.25, -0.2) is 0 Å². The minimum absolute atomic E-state index is 0.173. The lowest BCUT2D eigenvalue weighted by molar-refractivity contribution is -0.119. The maximum atomic E-state index is 12.8. The van der Waals surface area contributed by atoms with Gasteiger partial charge in [0.1, 0.15) is 6.04 Å². The molecule has 1 N–H and O–H groups in total. The van der Waals surface area contributed by atoms with Crippen LogP contribution < -0.4 is 5.32 Å². The number of hydrogen-bond acceptors (Lipinski definition) is 2. The van der Waals surface area contributed by atoms with Crippen molar-refractivity contribution in [3.05, 3.63) is 63.6 Å². The van der Waals surface area contributed by atoms with Crippen molar-refractivity contribution in [1.29, 1.82) is 0 Å². The van der Waals surface area contributed by atoms with E-state index in [1.165, 1.54) is 0 Å². The van der Waals surface area contributed by atoms with Crippen LogP contribution in [0.15, 0.2) is 42.5 Å². The fourth-order valence-corrected chi connectivity index (χ4v) is 3.58. The minimum Gasteiger partial charge on any atom is -0.327 e. The number of nitrogens with zero attached hydrogens (tertiary/aromatic N) is 1. The number of rotatable bonds is 3. The Labute approximate surface area is 156 Å². The summed E-state index contributed by atoms with van der Waals surface area (Å²) in [5.41, 5.74) is 2.14. The first-order valence-electron chi connectivity index (χ1n) is 8.09. The van der Waals surface area contributed by atoms with E-state index in [0.717, 1.165) is 17.7 Å². The van der Waals surface area contributed by atoms with Gasteiger partial charge in [-0.3, -0.25) is 9.59 Å². The van der Waals surface area contributed by atoms with E-state index in [1.807, 2.05) is 31.2 Å². The molecule has 0 aliphatic carbocycles. The van der Waals surface area contributed by atoms with Gasteiger partial charge in [-0.1, -0.05) is 41.4 Å².